The quantitative estimate of drug-likeness (QED) is 0.594. The lowest BCUT2D eigenvalue weighted by Crippen LogP contribution is -2.38. The minimum atomic E-state index is -1.23. The van der Waals surface area contributed by atoms with Crippen molar-refractivity contribution in [1.29, 1.82) is 0 Å². The van der Waals surface area contributed by atoms with Gasteiger partial charge in [-0.3, -0.25) is 9.59 Å². The Morgan fingerprint density at radius 2 is 2.00 bits per heavy atom. The van der Waals surface area contributed by atoms with Gasteiger partial charge in [0.15, 0.2) is 5.78 Å². The molecule has 1 N–H and O–H groups in total. The molecular weight excluding hydrogens is 352 g/mol. The van der Waals surface area contributed by atoms with Crippen molar-refractivity contribution in [3.05, 3.63) is 34.4 Å². The molecule has 0 amide bonds. The highest BCUT2D eigenvalue weighted by Crippen LogP contribution is 2.48. The number of carbonyl (C=O) groups excluding carboxylic acids is 3. The molecule has 27 heavy (non-hydrogen) atoms. The van der Waals surface area contributed by atoms with E-state index in [1.54, 1.807) is 33.8 Å². The number of carboxylic acid groups (broad SMARTS) is 1. The first-order valence-corrected chi connectivity index (χ1v) is 8.90. The van der Waals surface area contributed by atoms with Crippen LogP contribution in [0.1, 0.15) is 34.1 Å². The fraction of sp³-hybridized carbons (Fsp3) is 0.500. The summed E-state index contributed by atoms with van der Waals surface area (Å²) in [7, 11) is 0. The van der Waals surface area contributed by atoms with Crippen molar-refractivity contribution >= 4 is 23.7 Å². The maximum Gasteiger partial charge on any atom is 0.333 e. The molecule has 7 nitrogen and oxygen atoms in total. The number of ketones is 1. The third-order valence-electron chi connectivity index (χ3n) is 5.77. The van der Waals surface area contributed by atoms with Gasteiger partial charge in [-0.05, 0) is 26.8 Å². The fourth-order valence-corrected chi connectivity index (χ4v) is 4.22. The van der Waals surface area contributed by atoms with Gasteiger partial charge in [0.25, 0.3) is 0 Å². The maximum atomic E-state index is 12.5. The number of allylic oxidation sites excluding steroid dienone is 2. The molecule has 2 aliphatic carbocycles. The Balaban J connectivity index is 2.11. The lowest BCUT2D eigenvalue weighted by Gasteiger charge is -2.29. The van der Waals surface area contributed by atoms with Gasteiger partial charge in [0.2, 0.25) is 0 Å². The number of esters is 2. The van der Waals surface area contributed by atoms with Crippen molar-refractivity contribution in [2.24, 2.45) is 17.8 Å². The van der Waals surface area contributed by atoms with E-state index in [0.29, 0.717) is 11.1 Å². The summed E-state index contributed by atoms with van der Waals surface area (Å²) >= 11 is 0. The maximum absolute atomic E-state index is 12.5. The molecule has 3 aliphatic rings. The third kappa shape index (κ3) is 3.01. The summed E-state index contributed by atoms with van der Waals surface area (Å²) in [4.78, 5) is 48.9. The molecule has 7 heteroatoms. The first-order chi connectivity index (χ1) is 12.7. The van der Waals surface area contributed by atoms with Crippen LogP contribution in [0.25, 0.3) is 0 Å². The monoisotopic (exact) mass is 374 g/mol. The molecule has 0 aromatic carbocycles. The molecule has 5 unspecified atom stereocenters. The van der Waals surface area contributed by atoms with Crippen molar-refractivity contribution in [2.75, 3.05) is 0 Å². The SMILES string of the molecule is CC=C(C)C(=O)OC1CC(C(=O)O)=C2C(=O)C=C(C)C2C2OC(=O)C(C)C12. The second-order valence-electron chi connectivity index (χ2n) is 7.31. The van der Waals surface area contributed by atoms with Gasteiger partial charge in [-0.1, -0.05) is 18.6 Å². The smallest absolute Gasteiger partial charge is 0.333 e. The van der Waals surface area contributed by atoms with Crippen LogP contribution in [0.4, 0.5) is 0 Å². The van der Waals surface area contributed by atoms with E-state index >= 15 is 0 Å². The van der Waals surface area contributed by atoms with Gasteiger partial charge in [0.1, 0.15) is 12.2 Å². The van der Waals surface area contributed by atoms with Gasteiger partial charge >= 0.3 is 17.9 Å². The molecule has 0 aromatic heterocycles. The molecule has 1 aliphatic heterocycles. The summed E-state index contributed by atoms with van der Waals surface area (Å²) in [6.45, 7) is 6.69. The molecular formula is C20H22O7. The second-order valence-corrected chi connectivity index (χ2v) is 7.31. The summed E-state index contributed by atoms with van der Waals surface area (Å²) in [5.74, 6) is -4.34. The molecule has 3 rings (SSSR count). The highest BCUT2D eigenvalue weighted by atomic mass is 16.6. The van der Waals surface area contributed by atoms with Crippen LogP contribution in [0, 0.1) is 17.8 Å². The molecule has 1 heterocycles. The highest BCUT2D eigenvalue weighted by Gasteiger charge is 2.56. The molecule has 144 valence electrons. The van der Waals surface area contributed by atoms with Crippen molar-refractivity contribution in [2.45, 2.75) is 46.3 Å². The van der Waals surface area contributed by atoms with Crippen LogP contribution in [0.5, 0.6) is 0 Å². The van der Waals surface area contributed by atoms with E-state index < -0.39 is 47.9 Å². The highest BCUT2D eigenvalue weighted by molar-refractivity contribution is 6.13. The van der Waals surface area contributed by atoms with Crippen LogP contribution in [0.15, 0.2) is 34.4 Å². The molecule has 5 atom stereocenters. The summed E-state index contributed by atoms with van der Waals surface area (Å²) in [6.07, 6.45) is 1.25. The zero-order chi connectivity index (χ0) is 20.0. The normalized spacial score (nSPS) is 33.1. The number of hydrogen-bond donors (Lipinski definition) is 1. The molecule has 1 fully saturated rings. The Hall–Kier alpha value is -2.70. The fourth-order valence-electron chi connectivity index (χ4n) is 4.22. The van der Waals surface area contributed by atoms with E-state index in [2.05, 4.69) is 0 Å². The predicted molar refractivity (Wildman–Crippen MR) is 93.4 cm³/mol. The van der Waals surface area contributed by atoms with Gasteiger partial charge in [-0.25, -0.2) is 9.59 Å². The first-order valence-electron chi connectivity index (χ1n) is 8.90. The van der Waals surface area contributed by atoms with E-state index in [9.17, 15) is 24.3 Å². The third-order valence-corrected chi connectivity index (χ3v) is 5.77. The van der Waals surface area contributed by atoms with Crippen LogP contribution in [0.3, 0.4) is 0 Å². The number of carboxylic acids is 1. The van der Waals surface area contributed by atoms with Gasteiger partial charge in [0, 0.05) is 35.0 Å². The van der Waals surface area contributed by atoms with Crippen LogP contribution < -0.4 is 0 Å². The van der Waals surface area contributed by atoms with Crippen LogP contribution in [0.2, 0.25) is 0 Å². The number of hydrogen-bond acceptors (Lipinski definition) is 6. The topological polar surface area (TPSA) is 107 Å². The zero-order valence-corrected chi connectivity index (χ0v) is 15.6. The van der Waals surface area contributed by atoms with Crippen LogP contribution in [-0.2, 0) is 28.7 Å². The average Bonchev–Trinajstić information content (AvgIpc) is 2.99. The first kappa shape index (κ1) is 19.1. The second kappa shape index (κ2) is 6.79. The Morgan fingerprint density at radius 1 is 1.33 bits per heavy atom. The Bertz CT molecular complexity index is 829. The van der Waals surface area contributed by atoms with Crippen molar-refractivity contribution in [3.8, 4) is 0 Å². The molecule has 0 bridgehead atoms. The Kier molecular flexibility index (Phi) is 4.80. The Labute approximate surface area is 156 Å². The van der Waals surface area contributed by atoms with E-state index in [0.717, 1.165) is 0 Å². The van der Waals surface area contributed by atoms with Crippen LogP contribution >= 0.6 is 0 Å². The lowest BCUT2D eigenvalue weighted by molar-refractivity contribution is -0.149. The largest absolute Gasteiger partial charge is 0.478 e. The van der Waals surface area contributed by atoms with Crippen molar-refractivity contribution < 1.29 is 33.8 Å². The lowest BCUT2D eigenvalue weighted by atomic mass is 9.79. The molecule has 0 aromatic rings. The van der Waals surface area contributed by atoms with Crippen molar-refractivity contribution in [3.63, 3.8) is 0 Å². The van der Waals surface area contributed by atoms with E-state index in [1.165, 1.54) is 6.08 Å². The minimum Gasteiger partial charge on any atom is -0.478 e. The molecule has 0 spiro atoms. The van der Waals surface area contributed by atoms with E-state index in [4.69, 9.17) is 9.47 Å². The number of fused-ring (bicyclic) bond motifs is 3. The number of carbonyl (C=O) groups is 4. The predicted octanol–water partition coefficient (Wildman–Crippen LogP) is 1.97. The summed E-state index contributed by atoms with van der Waals surface area (Å²) in [6, 6.07) is 0. The minimum absolute atomic E-state index is 0.0771. The zero-order valence-electron chi connectivity index (χ0n) is 15.6. The van der Waals surface area contributed by atoms with E-state index in [-0.39, 0.29) is 23.4 Å². The summed E-state index contributed by atoms with van der Waals surface area (Å²) < 4.78 is 11.2. The van der Waals surface area contributed by atoms with Gasteiger partial charge in [-0.2, -0.15) is 0 Å². The average molecular weight is 374 g/mol. The molecule has 0 saturated carbocycles. The van der Waals surface area contributed by atoms with E-state index in [1.807, 2.05) is 0 Å². The standard InChI is InChI=1S/C20H22O7/c1-5-8(2)19(24)26-13-7-11(18(22)23)16-12(21)6-9(3)14(16)17-15(13)10(4)20(25)27-17/h5-6,10,13-15,17H,7H2,1-4H3,(H,22,23). The Morgan fingerprint density at radius 3 is 2.59 bits per heavy atom. The van der Waals surface area contributed by atoms with Gasteiger partial charge in [0.05, 0.1) is 5.92 Å². The van der Waals surface area contributed by atoms with Gasteiger partial charge < -0.3 is 14.6 Å². The number of aliphatic carboxylic acids is 1. The summed E-state index contributed by atoms with van der Waals surface area (Å²) in [5.41, 5.74) is 1.10. The van der Waals surface area contributed by atoms with Crippen molar-refractivity contribution in [1.82, 2.24) is 0 Å². The number of rotatable bonds is 3. The van der Waals surface area contributed by atoms with Crippen LogP contribution in [-0.4, -0.2) is 41.0 Å². The molecule has 0 radical (unpaired) electrons. The summed E-state index contributed by atoms with van der Waals surface area (Å²) in [5, 5.41) is 9.71. The number of ether oxygens (including phenoxy) is 2. The molecule has 1 saturated heterocycles. The van der Waals surface area contributed by atoms with Gasteiger partial charge in [-0.15, -0.1) is 0 Å².